The lowest BCUT2D eigenvalue weighted by Gasteiger charge is -2.21. The number of rotatable bonds is 2. The van der Waals surface area contributed by atoms with E-state index in [1.54, 1.807) is 4.68 Å². The lowest BCUT2D eigenvalue weighted by atomic mass is 9.88. The highest BCUT2D eigenvalue weighted by Crippen LogP contribution is 2.30. The van der Waals surface area contributed by atoms with E-state index in [1.165, 1.54) is 0 Å². The summed E-state index contributed by atoms with van der Waals surface area (Å²) in [5.41, 5.74) is 3.61. The van der Waals surface area contributed by atoms with Gasteiger partial charge in [0, 0.05) is 11.0 Å². The smallest absolute Gasteiger partial charge is 0.356 e. The van der Waals surface area contributed by atoms with Gasteiger partial charge in [-0.1, -0.05) is 32.9 Å². The normalized spacial score (nSPS) is 11.7. The number of aromatic carboxylic acids is 1. The summed E-state index contributed by atoms with van der Waals surface area (Å²) in [6.07, 6.45) is 0. The van der Waals surface area contributed by atoms with Crippen LogP contribution in [0.4, 0.5) is 0 Å². The second-order valence-electron chi connectivity index (χ2n) is 6.13. The van der Waals surface area contributed by atoms with Gasteiger partial charge in [0.05, 0.1) is 11.4 Å². The summed E-state index contributed by atoms with van der Waals surface area (Å²) < 4.78 is 1.76. The number of aromatic nitrogens is 2. The first-order valence-electron chi connectivity index (χ1n) is 6.62. The monoisotopic (exact) mass is 272 g/mol. The van der Waals surface area contributed by atoms with Gasteiger partial charge in [0.1, 0.15) is 0 Å². The van der Waals surface area contributed by atoms with Gasteiger partial charge in [-0.3, -0.25) is 0 Å². The third-order valence-electron chi connectivity index (χ3n) is 3.28. The Kier molecular flexibility index (Phi) is 3.42. The average Bonchev–Trinajstić information content (AvgIpc) is 2.66. The van der Waals surface area contributed by atoms with Crippen LogP contribution >= 0.6 is 0 Å². The molecule has 0 atom stereocenters. The fourth-order valence-electron chi connectivity index (χ4n) is 2.53. The van der Waals surface area contributed by atoms with Crippen molar-refractivity contribution in [3.05, 3.63) is 46.8 Å². The SMILES string of the molecule is Cc1cccc(-n2nc(C(=O)O)c(C)c2C(C)(C)C)c1. The molecule has 1 N–H and O–H groups in total. The highest BCUT2D eigenvalue weighted by molar-refractivity contribution is 5.87. The third-order valence-corrected chi connectivity index (χ3v) is 3.28. The van der Waals surface area contributed by atoms with Gasteiger partial charge >= 0.3 is 5.97 Å². The number of nitrogens with zero attached hydrogens (tertiary/aromatic N) is 2. The molecule has 106 valence electrons. The van der Waals surface area contributed by atoms with E-state index in [1.807, 2.05) is 38.1 Å². The van der Waals surface area contributed by atoms with Crippen LogP contribution in [0.1, 0.15) is 48.1 Å². The standard InChI is InChI=1S/C16H20N2O2/c1-10-7-6-8-12(9-10)18-14(16(3,4)5)11(2)13(17-18)15(19)20/h6-9H,1-5H3,(H,19,20). The number of hydrogen-bond donors (Lipinski definition) is 1. The van der Waals surface area contributed by atoms with Crippen molar-refractivity contribution in [1.82, 2.24) is 9.78 Å². The number of benzene rings is 1. The first-order chi connectivity index (χ1) is 9.21. The zero-order valence-electron chi connectivity index (χ0n) is 12.6. The van der Waals surface area contributed by atoms with Crippen LogP contribution in [-0.2, 0) is 5.41 Å². The molecule has 0 aliphatic carbocycles. The second kappa shape index (κ2) is 4.78. The molecule has 4 heteroatoms. The molecule has 0 radical (unpaired) electrons. The molecular formula is C16H20N2O2. The molecule has 0 amide bonds. The molecule has 0 aliphatic rings. The Hall–Kier alpha value is -2.10. The van der Waals surface area contributed by atoms with Crippen molar-refractivity contribution in [3.63, 3.8) is 0 Å². The third kappa shape index (κ3) is 2.46. The zero-order chi connectivity index (χ0) is 15.1. The maximum absolute atomic E-state index is 11.3. The average molecular weight is 272 g/mol. The molecule has 0 fully saturated rings. The minimum Gasteiger partial charge on any atom is -0.476 e. The molecule has 0 saturated heterocycles. The quantitative estimate of drug-likeness (QED) is 0.910. The fourth-order valence-corrected chi connectivity index (χ4v) is 2.53. The molecule has 20 heavy (non-hydrogen) atoms. The van der Waals surface area contributed by atoms with Gasteiger partial charge in [-0.25, -0.2) is 9.48 Å². The molecule has 1 aromatic heterocycles. The van der Waals surface area contributed by atoms with Crippen LogP contribution < -0.4 is 0 Å². The van der Waals surface area contributed by atoms with Gasteiger partial charge < -0.3 is 5.11 Å². The van der Waals surface area contributed by atoms with Crippen LogP contribution in [-0.4, -0.2) is 20.9 Å². The summed E-state index contributed by atoms with van der Waals surface area (Å²) in [5, 5.41) is 13.6. The maximum atomic E-state index is 11.3. The number of hydrogen-bond acceptors (Lipinski definition) is 2. The first kappa shape index (κ1) is 14.3. The Morgan fingerprint density at radius 2 is 1.90 bits per heavy atom. The molecule has 0 aliphatic heterocycles. The van der Waals surface area contributed by atoms with Gasteiger partial charge in [0.2, 0.25) is 0 Å². The molecule has 0 saturated carbocycles. The molecule has 0 bridgehead atoms. The van der Waals surface area contributed by atoms with Crippen molar-refractivity contribution in [2.75, 3.05) is 0 Å². The van der Waals surface area contributed by atoms with Crippen LogP contribution in [0, 0.1) is 13.8 Å². The molecular weight excluding hydrogens is 252 g/mol. The Morgan fingerprint density at radius 3 is 2.40 bits per heavy atom. The van der Waals surface area contributed by atoms with Crippen molar-refractivity contribution in [2.24, 2.45) is 0 Å². The van der Waals surface area contributed by atoms with Crippen LogP contribution in [0.5, 0.6) is 0 Å². The summed E-state index contributed by atoms with van der Waals surface area (Å²) >= 11 is 0. The van der Waals surface area contributed by atoms with Gasteiger partial charge in [-0.05, 0) is 31.5 Å². The molecule has 2 rings (SSSR count). The van der Waals surface area contributed by atoms with E-state index in [9.17, 15) is 9.90 Å². The van der Waals surface area contributed by atoms with Crippen molar-refractivity contribution in [2.45, 2.75) is 40.0 Å². The zero-order valence-corrected chi connectivity index (χ0v) is 12.6. The largest absolute Gasteiger partial charge is 0.476 e. The number of carboxylic acids is 1. The lowest BCUT2D eigenvalue weighted by molar-refractivity contribution is 0.0689. The fraction of sp³-hybridized carbons (Fsp3) is 0.375. The van der Waals surface area contributed by atoms with Crippen LogP contribution in [0.2, 0.25) is 0 Å². The van der Waals surface area contributed by atoms with E-state index in [2.05, 4.69) is 25.9 Å². The van der Waals surface area contributed by atoms with Crippen LogP contribution in [0.15, 0.2) is 24.3 Å². The van der Waals surface area contributed by atoms with Crippen molar-refractivity contribution < 1.29 is 9.90 Å². The van der Waals surface area contributed by atoms with E-state index < -0.39 is 5.97 Å². The molecule has 4 nitrogen and oxygen atoms in total. The minimum absolute atomic E-state index is 0.122. The van der Waals surface area contributed by atoms with Gasteiger partial charge in [-0.15, -0.1) is 0 Å². The number of carbonyl (C=O) groups is 1. The van der Waals surface area contributed by atoms with E-state index in [4.69, 9.17) is 0 Å². The predicted octanol–water partition coefficient (Wildman–Crippen LogP) is 3.48. The second-order valence-corrected chi connectivity index (χ2v) is 6.13. The van der Waals surface area contributed by atoms with Crippen LogP contribution in [0.3, 0.4) is 0 Å². The van der Waals surface area contributed by atoms with Crippen molar-refractivity contribution >= 4 is 5.97 Å². The van der Waals surface area contributed by atoms with E-state index >= 15 is 0 Å². The molecule has 1 aromatic carbocycles. The van der Waals surface area contributed by atoms with Gasteiger partial charge in [-0.2, -0.15) is 5.10 Å². The van der Waals surface area contributed by atoms with Gasteiger partial charge in [0.15, 0.2) is 5.69 Å². The Morgan fingerprint density at radius 1 is 1.25 bits per heavy atom. The van der Waals surface area contributed by atoms with Crippen molar-refractivity contribution in [1.29, 1.82) is 0 Å². The van der Waals surface area contributed by atoms with E-state index in [0.29, 0.717) is 0 Å². The maximum Gasteiger partial charge on any atom is 0.356 e. The summed E-state index contributed by atoms with van der Waals surface area (Å²) in [4.78, 5) is 11.3. The van der Waals surface area contributed by atoms with Crippen molar-refractivity contribution in [3.8, 4) is 5.69 Å². The number of carboxylic acid groups (broad SMARTS) is 1. The Bertz CT molecular complexity index is 664. The number of aryl methyl sites for hydroxylation is 1. The summed E-state index contributed by atoms with van der Waals surface area (Å²) in [6.45, 7) is 10.0. The summed E-state index contributed by atoms with van der Waals surface area (Å²) in [7, 11) is 0. The van der Waals surface area contributed by atoms with E-state index in [0.717, 1.165) is 22.5 Å². The molecule has 0 unspecified atom stereocenters. The highest BCUT2D eigenvalue weighted by atomic mass is 16.4. The first-order valence-corrected chi connectivity index (χ1v) is 6.62. The summed E-state index contributed by atoms with van der Waals surface area (Å²) in [5.74, 6) is -0.987. The molecule has 2 aromatic rings. The predicted molar refractivity (Wildman–Crippen MR) is 78.7 cm³/mol. The molecule has 0 spiro atoms. The van der Waals surface area contributed by atoms with E-state index in [-0.39, 0.29) is 11.1 Å². The summed E-state index contributed by atoms with van der Waals surface area (Å²) in [6, 6.07) is 7.91. The van der Waals surface area contributed by atoms with Crippen LogP contribution in [0.25, 0.3) is 5.69 Å². The van der Waals surface area contributed by atoms with Gasteiger partial charge in [0.25, 0.3) is 0 Å². The lowest BCUT2D eigenvalue weighted by Crippen LogP contribution is -2.18. The minimum atomic E-state index is -0.987. The highest BCUT2D eigenvalue weighted by Gasteiger charge is 2.28. The Labute approximate surface area is 119 Å². The topological polar surface area (TPSA) is 55.1 Å². The Balaban J connectivity index is 2.75. The molecule has 1 heterocycles.